The van der Waals surface area contributed by atoms with Crippen LogP contribution in [0.1, 0.15) is 13.3 Å². The summed E-state index contributed by atoms with van der Waals surface area (Å²) in [4.78, 5) is 1.27. The van der Waals surface area contributed by atoms with Gasteiger partial charge in [0.05, 0.1) is 0 Å². The predicted octanol–water partition coefficient (Wildman–Crippen LogP) is 2.77. The van der Waals surface area contributed by atoms with Gasteiger partial charge in [0.1, 0.15) is 0 Å². The molecule has 0 atom stereocenters. The van der Waals surface area contributed by atoms with E-state index >= 15 is 0 Å². The highest BCUT2D eigenvalue weighted by Crippen LogP contribution is 2.20. The summed E-state index contributed by atoms with van der Waals surface area (Å²) in [6.07, 6.45) is 1.21. The van der Waals surface area contributed by atoms with Gasteiger partial charge in [0.25, 0.3) is 0 Å². The molecular weight excluding hydrogens is 154 g/mol. The summed E-state index contributed by atoms with van der Waals surface area (Å²) in [6, 6.07) is 8.01. The van der Waals surface area contributed by atoms with Gasteiger partial charge in [0.2, 0.25) is 0 Å². The van der Waals surface area contributed by atoms with E-state index in [0.717, 1.165) is 5.69 Å². The number of rotatable bonds is 3. The second-order valence-corrected chi connectivity index (χ2v) is 3.59. The number of benzene rings is 1. The highest BCUT2D eigenvalue weighted by molar-refractivity contribution is 7.99. The molecule has 0 saturated heterocycles. The monoisotopic (exact) mass is 167 g/mol. The number of anilines is 1. The Kier molecular flexibility index (Phi) is 3.30. The van der Waals surface area contributed by atoms with E-state index in [4.69, 9.17) is 5.73 Å². The molecule has 60 valence electrons. The fourth-order valence-corrected chi connectivity index (χ4v) is 1.66. The van der Waals surface area contributed by atoms with Gasteiger partial charge in [-0.25, -0.2) is 0 Å². The Labute approximate surface area is 72.0 Å². The van der Waals surface area contributed by atoms with Crippen molar-refractivity contribution in [3.05, 3.63) is 24.3 Å². The summed E-state index contributed by atoms with van der Waals surface area (Å²) in [6.45, 7) is 2.18. The molecule has 0 amide bonds. The maximum Gasteiger partial charge on any atom is 0.0325 e. The molecule has 11 heavy (non-hydrogen) atoms. The van der Waals surface area contributed by atoms with Gasteiger partial charge in [-0.15, -0.1) is 11.8 Å². The molecule has 0 heterocycles. The summed E-state index contributed by atoms with van der Waals surface area (Å²) < 4.78 is 0. The van der Waals surface area contributed by atoms with Crippen LogP contribution in [0, 0.1) is 0 Å². The van der Waals surface area contributed by atoms with Crippen molar-refractivity contribution in [3.8, 4) is 0 Å². The maximum atomic E-state index is 5.62. The molecule has 0 spiro atoms. The largest absolute Gasteiger partial charge is 0.399 e. The van der Waals surface area contributed by atoms with Crippen molar-refractivity contribution < 1.29 is 0 Å². The van der Waals surface area contributed by atoms with Crippen molar-refractivity contribution in [2.24, 2.45) is 0 Å². The van der Waals surface area contributed by atoms with Gasteiger partial charge in [0.15, 0.2) is 0 Å². The van der Waals surface area contributed by atoms with Crippen LogP contribution in [0.5, 0.6) is 0 Å². The normalized spacial score (nSPS) is 9.91. The number of thioether (sulfide) groups is 1. The van der Waals surface area contributed by atoms with Crippen molar-refractivity contribution >= 4 is 17.4 Å². The third kappa shape index (κ3) is 2.85. The van der Waals surface area contributed by atoms with Crippen LogP contribution in [0.4, 0.5) is 5.69 Å². The lowest BCUT2D eigenvalue weighted by Gasteiger charge is -1.99. The number of nitrogens with two attached hydrogens (primary N) is 1. The Morgan fingerprint density at radius 3 is 2.91 bits per heavy atom. The summed E-state index contributed by atoms with van der Waals surface area (Å²) >= 11 is 1.85. The summed E-state index contributed by atoms with van der Waals surface area (Å²) in [5.74, 6) is 1.17. The number of hydrogen-bond donors (Lipinski definition) is 1. The Morgan fingerprint density at radius 1 is 1.45 bits per heavy atom. The molecule has 2 N–H and O–H groups in total. The Hall–Kier alpha value is -0.630. The molecule has 0 aliphatic carbocycles. The average molecular weight is 167 g/mol. The van der Waals surface area contributed by atoms with Crippen LogP contribution in [-0.2, 0) is 0 Å². The summed E-state index contributed by atoms with van der Waals surface area (Å²) in [5, 5.41) is 0. The van der Waals surface area contributed by atoms with Crippen LogP contribution in [0.2, 0.25) is 0 Å². The lowest BCUT2D eigenvalue weighted by atomic mass is 10.3. The predicted molar refractivity (Wildman–Crippen MR) is 51.9 cm³/mol. The molecule has 0 radical (unpaired) electrons. The minimum absolute atomic E-state index is 0.853. The highest BCUT2D eigenvalue weighted by atomic mass is 32.2. The smallest absolute Gasteiger partial charge is 0.0325 e. The van der Waals surface area contributed by atoms with E-state index in [1.807, 2.05) is 30.0 Å². The van der Waals surface area contributed by atoms with E-state index in [-0.39, 0.29) is 0 Å². The molecule has 0 bridgehead atoms. The van der Waals surface area contributed by atoms with Gasteiger partial charge >= 0.3 is 0 Å². The minimum Gasteiger partial charge on any atom is -0.399 e. The molecule has 2 heteroatoms. The van der Waals surface area contributed by atoms with Crippen molar-refractivity contribution in [2.45, 2.75) is 18.2 Å². The third-order valence-corrected chi connectivity index (χ3v) is 2.53. The van der Waals surface area contributed by atoms with Crippen LogP contribution in [0.25, 0.3) is 0 Å². The molecule has 1 nitrogen and oxygen atoms in total. The maximum absolute atomic E-state index is 5.62. The molecule has 0 aromatic heterocycles. The van der Waals surface area contributed by atoms with Crippen molar-refractivity contribution in [3.63, 3.8) is 0 Å². The van der Waals surface area contributed by atoms with Gasteiger partial charge < -0.3 is 5.73 Å². The molecule has 1 rings (SSSR count). The van der Waals surface area contributed by atoms with Crippen LogP contribution in [-0.4, -0.2) is 5.75 Å². The zero-order chi connectivity index (χ0) is 8.10. The van der Waals surface area contributed by atoms with Gasteiger partial charge in [-0.3, -0.25) is 0 Å². The van der Waals surface area contributed by atoms with Crippen LogP contribution in [0.3, 0.4) is 0 Å². The van der Waals surface area contributed by atoms with E-state index in [9.17, 15) is 0 Å². The first-order chi connectivity index (χ1) is 5.33. The van der Waals surface area contributed by atoms with Crippen molar-refractivity contribution in [2.75, 3.05) is 11.5 Å². The third-order valence-electron chi connectivity index (χ3n) is 1.33. The van der Waals surface area contributed by atoms with E-state index in [0.29, 0.717) is 0 Å². The number of hydrogen-bond acceptors (Lipinski definition) is 2. The van der Waals surface area contributed by atoms with Crippen molar-refractivity contribution in [1.82, 2.24) is 0 Å². The van der Waals surface area contributed by atoms with E-state index in [2.05, 4.69) is 13.0 Å². The Balaban J connectivity index is 2.56. The van der Waals surface area contributed by atoms with Gasteiger partial charge in [0, 0.05) is 10.6 Å². The summed E-state index contributed by atoms with van der Waals surface area (Å²) in [5.41, 5.74) is 6.47. The molecular formula is C9H13NS. The van der Waals surface area contributed by atoms with Crippen LogP contribution in [0.15, 0.2) is 29.2 Å². The van der Waals surface area contributed by atoms with E-state index < -0.39 is 0 Å². The first-order valence-corrected chi connectivity index (χ1v) is 4.80. The standard InChI is InChI=1S/C9H13NS/c1-2-6-11-9-5-3-4-8(10)7-9/h3-5,7H,2,6,10H2,1H3. The molecule has 1 aromatic rings. The zero-order valence-corrected chi connectivity index (χ0v) is 7.53. The zero-order valence-electron chi connectivity index (χ0n) is 6.71. The fourth-order valence-electron chi connectivity index (χ4n) is 0.824. The first-order valence-electron chi connectivity index (χ1n) is 3.81. The van der Waals surface area contributed by atoms with Crippen LogP contribution >= 0.6 is 11.8 Å². The van der Waals surface area contributed by atoms with Crippen molar-refractivity contribution in [1.29, 1.82) is 0 Å². The summed E-state index contributed by atoms with van der Waals surface area (Å²) in [7, 11) is 0. The highest BCUT2D eigenvalue weighted by Gasteiger charge is 1.91. The van der Waals surface area contributed by atoms with Gasteiger partial charge in [-0.2, -0.15) is 0 Å². The van der Waals surface area contributed by atoms with Crippen LogP contribution < -0.4 is 5.73 Å². The van der Waals surface area contributed by atoms with E-state index in [1.165, 1.54) is 17.1 Å². The Bertz CT molecular complexity index is 223. The lowest BCUT2D eigenvalue weighted by molar-refractivity contribution is 1.10. The molecule has 0 aliphatic rings. The topological polar surface area (TPSA) is 26.0 Å². The number of nitrogen functional groups attached to an aromatic ring is 1. The van der Waals surface area contributed by atoms with E-state index in [1.54, 1.807) is 0 Å². The second-order valence-electron chi connectivity index (χ2n) is 2.42. The first kappa shape index (κ1) is 8.47. The second kappa shape index (κ2) is 4.29. The molecule has 0 fully saturated rings. The lowest BCUT2D eigenvalue weighted by Crippen LogP contribution is -1.83. The SMILES string of the molecule is CCCSc1cccc(N)c1. The molecule has 1 aromatic carbocycles. The van der Waals surface area contributed by atoms with Gasteiger partial charge in [-0.1, -0.05) is 13.0 Å². The fraction of sp³-hybridized carbons (Fsp3) is 0.333. The quantitative estimate of drug-likeness (QED) is 0.553. The minimum atomic E-state index is 0.853. The molecule has 0 aliphatic heterocycles. The molecule has 0 unspecified atom stereocenters. The van der Waals surface area contributed by atoms with Gasteiger partial charge in [-0.05, 0) is 30.4 Å². The average Bonchev–Trinajstić information content (AvgIpc) is 2.01. The Morgan fingerprint density at radius 2 is 2.27 bits per heavy atom. The molecule has 0 saturated carbocycles.